The molecule has 0 saturated carbocycles. The summed E-state index contributed by atoms with van der Waals surface area (Å²) >= 11 is 0. The first kappa shape index (κ1) is 14.0. The highest BCUT2D eigenvalue weighted by Gasteiger charge is 2.25. The van der Waals surface area contributed by atoms with Crippen LogP contribution in [0.3, 0.4) is 0 Å². The van der Waals surface area contributed by atoms with Gasteiger partial charge in [0.05, 0.1) is 6.42 Å². The fourth-order valence-electron chi connectivity index (χ4n) is 1.52. The first-order valence-corrected chi connectivity index (χ1v) is 5.41. The number of aryl methyl sites for hydroxylation is 1. The second-order valence-electron chi connectivity index (χ2n) is 3.94. The topological polar surface area (TPSA) is 12.0 Å². The molecule has 0 saturated heterocycles. The average molecular weight is 249 g/mol. The van der Waals surface area contributed by atoms with Crippen molar-refractivity contribution in [1.82, 2.24) is 5.32 Å². The van der Waals surface area contributed by atoms with E-state index in [-0.39, 0.29) is 12.4 Å². The number of halogens is 4. The van der Waals surface area contributed by atoms with Crippen LogP contribution >= 0.6 is 0 Å². The van der Waals surface area contributed by atoms with Gasteiger partial charge in [0.1, 0.15) is 5.82 Å². The maximum Gasteiger partial charge on any atom is 0.390 e. The van der Waals surface area contributed by atoms with Crippen LogP contribution in [0.15, 0.2) is 18.2 Å². The lowest BCUT2D eigenvalue weighted by Gasteiger charge is -2.09. The van der Waals surface area contributed by atoms with Crippen molar-refractivity contribution >= 4 is 0 Å². The summed E-state index contributed by atoms with van der Waals surface area (Å²) in [5, 5.41) is 2.72. The Morgan fingerprint density at radius 2 is 1.88 bits per heavy atom. The minimum Gasteiger partial charge on any atom is -0.316 e. The first-order chi connectivity index (χ1) is 7.88. The Balaban J connectivity index is 2.27. The van der Waals surface area contributed by atoms with Crippen molar-refractivity contribution in [1.29, 1.82) is 0 Å². The molecule has 1 aromatic rings. The van der Waals surface area contributed by atoms with E-state index in [1.54, 1.807) is 13.0 Å². The Morgan fingerprint density at radius 1 is 1.18 bits per heavy atom. The van der Waals surface area contributed by atoms with Gasteiger partial charge in [0.15, 0.2) is 0 Å². The number of hydrogen-bond donors (Lipinski definition) is 1. The predicted octanol–water partition coefficient (Wildman–Crippen LogP) is 3.22. The molecule has 0 atom stereocenters. The maximum atomic E-state index is 12.8. The van der Waals surface area contributed by atoms with Gasteiger partial charge in [-0.15, -0.1) is 0 Å². The van der Waals surface area contributed by atoms with E-state index >= 15 is 0 Å². The largest absolute Gasteiger partial charge is 0.390 e. The Bertz CT molecular complexity index is 360. The quantitative estimate of drug-likeness (QED) is 0.624. The van der Waals surface area contributed by atoms with Gasteiger partial charge in [-0.2, -0.15) is 13.2 Å². The zero-order valence-corrected chi connectivity index (χ0v) is 9.57. The van der Waals surface area contributed by atoms with Gasteiger partial charge in [0, 0.05) is 6.54 Å². The molecule has 5 heteroatoms. The SMILES string of the molecule is Cc1cc(F)ccc1CCNCCC(F)(F)F. The molecule has 1 nitrogen and oxygen atoms in total. The van der Waals surface area contributed by atoms with Gasteiger partial charge in [-0.3, -0.25) is 0 Å². The predicted molar refractivity (Wildman–Crippen MR) is 58.4 cm³/mol. The van der Waals surface area contributed by atoms with E-state index < -0.39 is 12.6 Å². The van der Waals surface area contributed by atoms with Crippen molar-refractivity contribution in [3.63, 3.8) is 0 Å². The summed E-state index contributed by atoms with van der Waals surface area (Å²) in [6, 6.07) is 4.44. The lowest BCUT2D eigenvalue weighted by atomic mass is 10.1. The molecule has 0 aromatic heterocycles. The van der Waals surface area contributed by atoms with E-state index in [4.69, 9.17) is 0 Å². The fourth-order valence-corrected chi connectivity index (χ4v) is 1.52. The van der Waals surface area contributed by atoms with Crippen molar-refractivity contribution in [3.8, 4) is 0 Å². The molecule has 0 amide bonds. The van der Waals surface area contributed by atoms with Gasteiger partial charge < -0.3 is 5.32 Å². The van der Waals surface area contributed by atoms with Crippen LogP contribution in [0.4, 0.5) is 17.6 Å². The van der Waals surface area contributed by atoms with Crippen molar-refractivity contribution < 1.29 is 17.6 Å². The van der Waals surface area contributed by atoms with Crippen molar-refractivity contribution in [2.24, 2.45) is 0 Å². The molecular formula is C12H15F4N. The molecule has 17 heavy (non-hydrogen) atoms. The van der Waals surface area contributed by atoms with E-state index in [9.17, 15) is 17.6 Å². The summed E-state index contributed by atoms with van der Waals surface area (Å²) < 4.78 is 48.3. The second kappa shape index (κ2) is 6.00. The van der Waals surface area contributed by atoms with Crippen LogP contribution in [-0.2, 0) is 6.42 Å². The molecule has 0 unspecified atom stereocenters. The van der Waals surface area contributed by atoms with Crippen LogP contribution in [0, 0.1) is 12.7 Å². The highest BCUT2D eigenvalue weighted by molar-refractivity contribution is 5.26. The van der Waals surface area contributed by atoms with Gasteiger partial charge in [-0.25, -0.2) is 4.39 Å². The molecule has 0 aliphatic rings. The molecule has 0 aliphatic carbocycles. The first-order valence-electron chi connectivity index (χ1n) is 5.41. The molecule has 0 aliphatic heterocycles. The van der Waals surface area contributed by atoms with Gasteiger partial charge >= 0.3 is 6.18 Å². The molecule has 1 aromatic carbocycles. The van der Waals surface area contributed by atoms with Gasteiger partial charge in [-0.1, -0.05) is 6.07 Å². The monoisotopic (exact) mass is 249 g/mol. The van der Waals surface area contributed by atoms with E-state index in [0.29, 0.717) is 13.0 Å². The third-order valence-corrected chi connectivity index (χ3v) is 2.46. The zero-order chi connectivity index (χ0) is 12.9. The van der Waals surface area contributed by atoms with Crippen LogP contribution < -0.4 is 5.32 Å². The van der Waals surface area contributed by atoms with Crippen molar-refractivity contribution in [2.75, 3.05) is 13.1 Å². The van der Waals surface area contributed by atoms with Gasteiger partial charge in [0.2, 0.25) is 0 Å². The van der Waals surface area contributed by atoms with Crippen molar-refractivity contribution in [3.05, 3.63) is 35.1 Å². The minimum atomic E-state index is -4.11. The molecule has 0 bridgehead atoms. The molecule has 1 rings (SSSR count). The second-order valence-corrected chi connectivity index (χ2v) is 3.94. The summed E-state index contributed by atoms with van der Waals surface area (Å²) in [6.45, 7) is 2.17. The molecule has 0 heterocycles. The lowest BCUT2D eigenvalue weighted by Crippen LogP contribution is -2.23. The number of hydrogen-bond acceptors (Lipinski definition) is 1. The molecule has 0 fully saturated rings. The molecule has 1 N–H and O–H groups in total. The van der Waals surface area contributed by atoms with Crippen LogP contribution in [0.25, 0.3) is 0 Å². The summed E-state index contributed by atoms with van der Waals surface area (Å²) in [4.78, 5) is 0. The highest BCUT2D eigenvalue weighted by atomic mass is 19.4. The maximum absolute atomic E-state index is 12.8. The smallest absolute Gasteiger partial charge is 0.316 e. The number of alkyl halides is 3. The van der Waals surface area contributed by atoms with Crippen LogP contribution in [0.2, 0.25) is 0 Å². The third-order valence-electron chi connectivity index (χ3n) is 2.46. The average Bonchev–Trinajstić information content (AvgIpc) is 2.18. The summed E-state index contributed by atoms with van der Waals surface area (Å²) in [5.74, 6) is -0.295. The zero-order valence-electron chi connectivity index (χ0n) is 9.57. The normalized spacial score (nSPS) is 11.8. The third kappa shape index (κ3) is 5.68. The number of benzene rings is 1. The van der Waals surface area contributed by atoms with Crippen LogP contribution in [-0.4, -0.2) is 19.3 Å². The number of nitrogens with one attached hydrogen (secondary N) is 1. The Hall–Kier alpha value is -1.10. The van der Waals surface area contributed by atoms with Crippen molar-refractivity contribution in [2.45, 2.75) is 25.9 Å². The Morgan fingerprint density at radius 3 is 2.47 bits per heavy atom. The Kier molecular flexibility index (Phi) is 4.93. The molecule has 0 spiro atoms. The van der Waals surface area contributed by atoms with E-state index in [0.717, 1.165) is 11.1 Å². The highest BCUT2D eigenvalue weighted by Crippen LogP contribution is 2.18. The molecule has 96 valence electrons. The summed E-state index contributed by atoms with van der Waals surface area (Å²) in [6.07, 6.45) is -4.34. The number of rotatable bonds is 5. The molecular weight excluding hydrogens is 234 g/mol. The summed E-state index contributed by atoms with van der Waals surface area (Å²) in [7, 11) is 0. The molecule has 0 radical (unpaired) electrons. The van der Waals surface area contributed by atoms with Gasteiger partial charge in [0.25, 0.3) is 0 Å². The van der Waals surface area contributed by atoms with E-state index in [1.165, 1.54) is 12.1 Å². The van der Waals surface area contributed by atoms with Crippen LogP contribution in [0.5, 0.6) is 0 Å². The Labute approximate surface area is 97.8 Å². The van der Waals surface area contributed by atoms with E-state index in [2.05, 4.69) is 5.32 Å². The fraction of sp³-hybridized carbons (Fsp3) is 0.500. The minimum absolute atomic E-state index is 0.0796. The summed E-state index contributed by atoms with van der Waals surface area (Å²) in [5.41, 5.74) is 1.77. The standard InChI is InChI=1S/C12H15F4N/c1-9-8-11(13)3-2-10(9)4-6-17-7-5-12(14,15)16/h2-3,8,17H,4-7H2,1H3. The van der Waals surface area contributed by atoms with Gasteiger partial charge in [-0.05, 0) is 43.1 Å². The lowest BCUT2D eigenvalue weighted by molar-refractivity contribution is -0.133. The van der Waals surface area contributed by atoms with Crippen LogP contribution in [0.1, 0.15) is 17.5 Å². The van der Waals surface area contributed by atoms with E-state index in [1.807, 2.05) is 0 Å².